The van der Waals surface area contributed by atoms with Crippen molar-refractivity contribution >= 4 is 12.0 Å². The lowest BCUT2D eigenvalue weighted by molar-refractivity contribution is -0.113. The van der Waals surface area contributed by atoms with E-state index in [1.54, 1.807) is 6.08 Å². The smallest absolute Gasteiger partial charge is 0.175 e. The second-order valence-electron chi connectivity index (χ2n) is 1.72. The molecule has 0 bridgehead atoms. The molecule has 1 N–H and O–H groups in total. The van der Waals surface area contributed by atoms with Gasteiger partial charge < -0.3 is 10.1 Å². The average molecular weight is 141 g/mol. The van der Waals surface area contributed by atoms with Gasteiger partial charge in [-0.25, -0.2) is 0 Å². The van der Waals surface area contributed by atoms with E-state index in [1.165, 1.54) is 0 Å². The summed E-state index contributed by atoms with van der Waals surface area (Å²) >= 11 is 0. The first kappa shape index (κ1) is 9.04. The van der Waals surface area contributed by atoms with Crippen LogP contribution in [0.1, 0.15) is 6.42 Å². The molecule has 0 saturated carbocycles. The van der Waals surface area contributed by atoms with Gasteiger partial charge in [-0.3, -0.25) is 4.79 Å². The van der Waals surface area contributed by atoms with Gasteiger partial charge in [0.15, 0.2) is 5.78 Å². The van der Waals surface area contributed by atoms with E-state index in [2.05, 4.69) is 6.58 Å². The predicted octanol–water partition coefficient (Wildman–Crippen LogP) is 0.798. The van der Waals surface area contributed by atoms with Crippen molar-refractivity contribution < 1.29 is 9.53 Å². The summed E-state index contributed by atoms with van der Waals surface area (Å²) in [5.41, 5.74) is 0. The highest BCUT2D eigenvalue weighted by Crippen LogP contribution is 1.82. The van der Waals surface area contributed by atoms with E-state index in [0.717, 1.165) is 6.21 Å². The van der Waals surface area contributed by atoms with E-state index in [1.807, 2.05) is 0 Å². The Morgan fingerprint density at radius 1 is 1.70 bits per heavy atom. The van der Waals surface area contributed by atoms with Crippen molar-refractivity contribution in [1.82, 2.24) is 0 Å². The third kappa shape index (κ3) is 5.18. The minimum atomic E-state index is -0.205. The Hall–Kier alpha value is -0.960. The van der Waals surface area contributed by atoms with Crippen molar-refractivity contribution in [1.29, 1.82) is 5.41 Å². The third-order valence-corrected chi connectivity index (χ3v) is 0.889. The minimum Gasteiger partial charge on any atom is -0.377 e. The molecule has 0 saturated heterocycles. The van der Waals surface area contributed by atoms with Crippen LogP contribution in [0.15, 0.2) is 12.7 Å². The van der Waals surface area contributed by atoms with E-state index < -0.39 is 0 Å². The summed E-state index contributed by atoms with van der Waals surface area (Å²) in [7, 11) is 0. The topological polar surface area (TPSA) is 50.2 Å². The van der Waals surface area contributed by atoms with Gasteiger partial charge in [0.1, 0.15) is 0 Å². The first-order chi connectivity index (χ1) is 4.81. The molecule has 0 aromatic rings. The molecule has 0 spiro atoms. The highest BCUT2D eigenvalue weighted by atomic mass is 16.5. The lowest BCUT2D eigenvalue weighted by Crippen LogP contribution is -2.04. The first-order valence-electron chi connectivity index (χ1n) is 3.03. The van der Waals surface area contributed by atoms with Gasteiger partial charge in [0.25, 0.3) is 0 Å². The lowest BCUT2D eigenvalue weighted by atomic mass is 10.3. The summed E-state index contributed by atoms with van der Waals surface area (Å²) in [6, 6.07) is 0. The van der Waals surface area contributed by atoms with Gasteiger partial charge in [-0.2, -0.15) is 0 Å². The van der Waals surface area contributed by atoms with Crippen LogP contribution in [-0.2, 0) is 9.53 Å². The van der Waals surface area contributed by atoms with Gasteiger partial charge in [0, 0.05) is 6.42 Å². The Kier molecular flexibility index (Phi) is 5.57. The molecule has 3 heteroatoms. The molecule has 0 aromatic carbocycles. The molecule has 0 atom stereocenters. The fraction of sp³-hybridized carbons (Fsp3) is 0.429. The molecule has 0 unspecified atom stereocenters. The van der Waals surface area contributed by atoms with Crippen LogP contribution in [0.25, 0.3) is 0 Å². The number of Topliss-reactive ketones (excluding diaryl/α,β-unsaturated/α-hetero) is 1. The Labute approximate surface area is 60.2 Å². The largest absolute Gasteiger partial charge is 0.377 e. The number of carbonyl (C=O) groups excluding carboxylic acids is 1. The van der Waals surface area contributed by atoms with Gasteiger partial charge in [0.05, 0.1) is 19.4 Å². The molecular formula is C7H11NO2. The Balaban J connectivity index is 3.11. The van der Waals surface area contributed by atoms with Crippen molar-refractivity contribution in [3.8, 4) is 0 Å². The van der Waals surface area contributed by atoms with E-state index in [4.69, 9.17) is 10.1 Å². The van der Waals surface area contributed by atoms with Crippen LogP contribution < -0.4 is 0 Å². The highest BCUT2D eigenvalue weighted by Gasteiger charge is 1.94. The molecule has 0 rings (SSSR count). The summed E-state index contributed by atoms with van der Waals surface area (Å²) in [6.07, 6.45) is 2.71. The Morgan fingerprint density at radius 3 is 2.90 bits per heavy atom. The zero-order valence-corrected chi connectivity index (χ0v) is 5.80. The third-order valence-electron chi connectivity index (χ3n) is 0.889. The average Bonchev–Trinajstić information content (AvgIpc) is 1.98. The number of hydrogen-bond donors (Lipinski definition) is 1. The van der Waals surface area contributed by atoms with E-state index in [9.17, 15) is 4.79 Å². The molecule has 0 aliphatic rings. The van der Waals surface area contributed by atoms with Crippen molar-refractivity contribution in [2.45, 2.75) is 6.42 Å². The van der Waals surface area contributed by atoms with E-state index in [-0.39, 0.29) is 12.2 Å². The molecule has 0 heterocycles. The van der Waals surface area contributed by atoms with Gasteiger partial charge in [0.2, 0.25) is 0 Å². The van der Waals surface area contributed by atoms with Crippen molar-refractivity contribution in [3.63, 3.8) is 0 Å². The van der Waals surface area contributed by atoms with Crippen molar-refractivity contribution in [2.24, 2.45) is 0 Å². The number of nitrogens with one attached hydrogen (secondary N) is 1. The summed E-state index contributed by atoms with van der Waals surface area (Å²) in [5, 5.41) is 6.54. The van der Waals surface area contributed by atoms with Crippen LogP contribution in [0.3, 0.4) is 0 Å². The van der Waals surface area contributed by atoms with Crippen LogP contribution in [0.5, 0.6) is 0 Å². The fourth-order valence-corrected chi connectivity index (χ4v) is 0.412. The maximum atomic E-state index is 10.4. The van der Waals surface area contributed by atoms with Crippen LogP contribution in [0.2, 0.25) is 0 Å². The van der Waals surface area contributed by atoms with Crippen LogP contribution in [0, 0.1) is 5.41 Å². The van der Waals surface area contributed by atoms with Gasteiger partial charge >= 0.3 is 0 Å². The van der Waals surface area contributed by atoms with Crippen molar-refractivity contribution in [3.05, 3.63) is 12.7 Å². The quantitative estimate of drug-likeness (QED) is 0.338. The zero-order valence-electron chi connectivity index (χ0n) is 5.80. The SMILES string of the molecule is C=CCOCCC(=O)C=N. The molecule has 0 aliphatic heterocycles. The second kappa shape index (κ2) is 6.16. The number of ketones is 1. The van der Waals surface area contributed by atoms with Gasteiger partial charge in [-0.1, -0.05) is 6.08 Å². The first-order valence-corrected chi connectivity index (χ1v) is 3.03. The van der Waals surface area contributed by atoms with Crippen LogP contribution in [-0.4, -0.2) is 25.2 Å². The molecule has 10 heavy (non-hydrogen) atoms. The highest BCUT2D eigenvalue weighted by molar-refractivity contribution is 6.26. The second-order valence-corrected chi connectivity index (χ2v) is 1.72. The minimum absolute atomic E-state index is 0.205. The number of rotatable bonds is 6. The normalized spacial score (nSPS) is 8.80. The molecule has 0 aromatic heterocycles. The molecule has 0 aliphatic carbocycles. The zero-order chi connectivity index (χ0) is 7.82. The fourth-order valence-electron chi connectivity index (χ4n) is 0.412. The predicted molar refractivity (Wildman–Crippen MR) is 39.4 cm³/mol. The monoisotopic (exact) mass is 141 g/mol. The van der Waals surface area contributed by atoms with E-state index >= 15 is 0 Å². The van der Waals surface area contributed by atoms with Gasteiger partial charge in [-0.15, -0.1) is 6.58 Å². The molecule has 0 amide bonds. The molecule has 0 radical (unpaired) electrons. The summed E-state index contributed by atoms with van der Waals surface area (Å²) in [4.78, 5) is 10.4. The molecule has 3 nitrogen and oxygen atoms in total. The molecule has 0 fully saturated rings. The summed E-state index contributed by atoms with van der Waals surface area (Å²) in [6.45, 7) is 4.28. The standard InChI is InChI=1S/C7H11NO2/c1-2-4-10-5-3-7(9)6-8/h2,6,8H,1,3-5H2. The summed E-state index contributed by atoms with van der Waals surface area (Å²) < 4.78 is 4.91. The van der Waals surface area contributed by atoms with Gasteiger partial charge in [-0.05, 0) is 0 Å². The maximum absolute atomic E-state index is 10.4. The Morgan fingerprint density at radius 2 is 2.40 bits per heavy atom. The molecular weight excluding hydrogens is 130 g/mol. The summed E-state index contributed by atoms with van der Waals surface area (Å²) in [5.74, 6) is -0.205. The number of carbonyl (C=O) groups is 1. The number of hydrogen-bond acceptors (Lipinski definition) is 3. The Bertz CT molecular complexity index is 132. The molecule has 56 valence electrons. The van der Waals surface area contributed by atoms with E-state index in [0.29, 0.717) is 13.2 Å². The van der Waals surface area contributed by atoms with Crippen LogP contribution >= 0.6 is 0 Å². The lowest BCUT2D eigenvalue weighted by Gasteiger charge is -1.95. The van der Waals surface area contributed by atoms with Crippen molar-refractivity contribution in [2.75, 3.05) is 13.2 Å². The number of ether oxygens (including phenoxy) is 1. The maximum Gasteiger partial charge on any atom is 0.175 e. The van der Waals surface area contributed by atoms with Crippen LogP contribution in [0.4, 0.5) is 0 Å².